The van der Waals surface area contributed by atoms with Crippen molar-refractivity contribution >= 4 is 6.21 Å². The summed E-state index contributed by atoms with van der Waals surface area (Å²) in [6.07, 6.45) is 3.21. The molecule has 150 valence electrons. The Morgan fingerprint density at radius 2 is 1.52 bits per heavy atom. The molecule has 0 aromatic heterocycles. The second-order valence-corrected chi connectivity index (χ2v) is 7.92. The number of hydrazone groups is 1. The molecule has 0 saturated carbocycles. The third kappa shape index (κ3) is 7.22. The number of benzene rings is 1. The minimum Gasteiger partial charge on any atom is -0.313 e. The summed E-state index contributed by atoms with van der Waals surface area (Å²) in [6.45, 7) is 12.3. The van der Waals surface area contributed by atoms with Crippen LogP contribution in [-0.2, 0) is 6.54 Å². The van der Waals surface area contributed by atoms with Gasteiger partial charge in [0.1, 0.15) is 0 Å². The van der Waals surface area contributed by atoms with Crippen LogP contribution < -0.4 is 5.32 Å². The van der Waals surface area contributed by atoms with Crippen LogP contribution in [0.25, 0.3) is 0 Å². The van der Waals surface area contributed by atoms with Gasteiger partial charge < -0.3 is 20.0 Å². The summed E-state index contributed by atoms with van der Waals surface area (Å²) in [7, 11) is 4.38. The molecule has 1 aromatic carbocycles. The van der Waals surface area contributed by atoms with Gasteiger partial charge in [-0.2, -0.15) is 5.10 Å². The normalized spacial score (nSPS) is 20.6. The molecule has 0 spiro atoms. The first-order valence-corrected chi connectivity index (χ1v) is 10.4. The summed E-state index contributed by atoms with van der Waals surface area (Å²) in [5, 5.41) is 10.3. The van der Waals surface area contributed by atoms with Crippen LogP contribution in [0.15, 0.2) is 29.4 Å². The Kier molecular flexibility index (Phi) is 8.08. The molecule has 3 rings (SSSR count). The zero-order valence-electron chi connectivity index (χ0n) is 17.1. The monoisotopic (exact) mass is 372 g/mol. The molecule has 2 saturated heterocycles. The lowest BCUT2D eigenvalue weighted by molar-refractivity contribution is 0.153. The SMILES string of the molecule is CN1CCN(CCCNCc2ccc(/C=N/N3CCN(C)CC3)cc2)CC1. The molecule has 0 amide bonds. The van der Waals surface area contributed by atoms with E-state index in [-0.39, 0.29) is 0 Å². The third-order valence-electron chi connectivity index (χ3n) is 5.58. The fourth-order valence-electron chi connectivity index (χ4n) is 3.51. The van der Waals surface area contributed by atoms with Crippen LogP contribution in [0, 0.1) is 0 Å². The summed E-state index contributed by atoms with van der Waals surface area (Å²) < 4.78 is 0. The van der Waals surface area contributed by atoms with Crippen LogP contribution in [0.5, 0.6) is 0 Å². The maximum atomic E-state index is 4.61. The minimum absolute atomic E-state index is 0.943. The van der Waals surface area contributed by atoms with E-state index >= 15 is 0 Å². The molecule has 0 radical (unpaired) electrons. The van der Waals surface area contributed by atoms with E-state index in [2.05, 4.69) is 68.5 Å². The molecule has 0 bridgehead atoms. The zero-order chi connectivity index (χ0) is 18.9. The first-order valence-electron chi connectivity index (χ1n) is 10.4. The fourth-order valence-corrected chi connectivity index (χ4v) is 3.51. The third-order valence-corrected chi connectivity index (χ3v) is 5.58. The summed E-state index contributed by atoms with van der Waals surface area (Å²) in [4.78, 5) is 7.34. The minimum atomic E-state index is 0.943. The first kappa shape index (κ1) is 20.3. The lowest BCUT2D eigenvalue weighted by atomic mass is 10.1. The van der Waals surface area contributed by atoms with Gasteiger partial charge in [0.25, 0.3) is 0 Å². The van der Waals surface area contributed by atoms with Crippen LogP contribution in [0.2, 0.25) is 0 Å². The number of hydrogen-bond acceptors (Lipinski definition) is 6. The topological polar surface area (TPSA) is 37.4 Å². The van der Waals surface area contributed by atoms with Crippen molar-refractivity contribution in [3.8, 4) is 0 Å². The Morgan fingerprint density at radius 3 is 2.19 bits per heavy atom. The van der Waals surface area contributed by atoms with Crippen molar-refractivity contribution in [2.45, 2.75) is 13.0 Å². The summed E-state index contributed by atoms with van der Waals surface area (Å²) in [6, 6.07) is 8.75. The highest BCUT2D eigenvalue weighted by Crippen LogP contribution is 2.05. The van der Waals surface area contributed by atoms with Crippen LogP contribution in [0.4, 0.5) is 0 Å². The molecule has 27 heavy (non-hydrogen) atoms. The van der Waals surface area contributed by atoms with E-state index in [4.69, 9.17) is 0 Å². The summed E-state index contributed by atoms with van der Waals surface area (Å²) in [5.74, 6) is 0. The van der Waals surface area contributed by atoms with Gasteiger partial charge in [0.15, 0.2) is 0 Å². The van der Waals surface area contributed by atoms with Gasteiger partial charge in [0.05, 0.1) is 6.21 Å². The Bertz CT molecular complexity index is 557. The Labute approximate surface area is 164 Å². The highest BCUT2D eigenvalue weighted by molar-refractivity contribution is 5.79. The first-order chi connectivity index (χ1) is 13.2. The van der Waals surface area contributed by atoms with E-state index in [0.717, 1.165) is 39.3 Å². The number of nitrogens with one attached hydrogen (secondary N) is 1. The lowest BCUT2D eigenvalue weighted by Gasteiger charge is -2.32. The molecule has 0 atom stereocenters. The standard InChI is InChI=1S/C21H36N6/c1-24-10-14-26(15-11-24)9-3-8-22-18-20-4-6-21(7-5-20)19-23-27-16-12-25(2)13-17-27/h4-7,19,22H,3,8-18H2,1-2H3/b23-19+. The molecule has 2 heterocycles. The number of hydrogen-bond donors (Lipinski definition) is 1. The number of nitrogens with zero attached hydrogens (tertiary/aromatic N) is 5. The molecule has 2 aliphatic rings. The van der Waals surface area contributed by atoms with Gasteiger partial charge in [0, 0.05) is 58.9 Å². The van der Waals surface area contributed by atoms with Crippen molar-refractivity contribution in [2.24, 2.45) is 5.10 Å². The van der Waals surface area contributed by atoms with Crippen molar-refractivity contribution in [2.75, 3.05) is 79.5 Å². The molecule has 2 aliphatic heterocycles. The molecule has 6 nitrogen and oxygen atoms in total. The van der Waals surface area contributed by atoms with Crippen LogP contribution >= 0.6 is 0 Å². The highest BCUT2D eigenvalue weighted by atomic mass is 15.5. The van der Waals surface area contributed by atoms with Crippen molar-refractivity contribution in [3.63, 3.8) is 0 Å². The summed E-state index contributed by atoms with van der Waals surface area (Å²) in [5.41, 5.74) is 2.51. The smallest absolute Gasteiger partial charge is 0.0542 e. The molecule has 0 aliphatic carbocycles. The maximum absolute atomic E-state index is 4.61. The molecule has 1 aromatic rings. The Balaban J connectivity index is 1.30. The van der Waals surface area contributed by atoms with Gasteiger partial charge in [-0.3, -0.25) is 5.01 Å². The van der Waals surface area contributed by atoms with Gasteiger partial charge in [-0.1, -0.05) is 24.3 Å². The van der Waals surface area contributed by atoms with Crippen molar-refractivity contribution in [1.29, 1.82) is 0 Å². The van der Waals surface area contributed by atoms with E-state index in [1.54, 1.807) is 0 Å². The van der Waals surface area contributed by atoms with Gasteiger partial charge in [-0.15, -0.1) is 0 Å². The second-order valence-electron chi connectivity index (χ2n) is 7.92. The number of likely N-dealkylation sites (N-methyl/N-ethyl adjacent to an activating group) is 2. The van der Waals surface area contributed by atoms with Crippen molar-refractivity contribution < 1.29 is 0 Å². The number of rotatable bonds is 8. The second kappa shape index (κ2) is 10.8. The van der Waals surface area contributed by atoms with Gasteiger partial charge in [-0.05, 0) is 44.7 Å². The predicted octanol–water partition coefficient (Wildman–Crippen LogP) is 0.995. The average molecular weight is 373 g/mol. The van der Waals surface area contributed by atoms with Gasteiger partial charge >= 0.3 is 0 Å². The zero-order valence-corrected chi connectivity index (χ0v) is 17.1. The molecule has 1 N–H and O–H groups in total. The highest BCUT2D eigenvalue weighted by Gasteiger charge is 2.12. The Hall–Kier alpha value is -1.47. The summed E-state index contributed by atoms with van der Waals surface area (Å²) >= 11 is 0. The van der Waals surface area contributed by atoms with Crippen molar-refractivity contribution in [1.82, 2.24) is 25.0 Å². The lowest BCUT2D eigenvalue weighted by Crippen LogP contribution is -2.45. The maximum Gasteiger partial charge on any atom is 0.0542 e. The predicted molar refractivity (Wildman–Crippen MR) is 113 cm³/mol. The van der Waals surface area contributed by atoms with E-state index in [9.17, 15) is 0 Å². The quantitative estimate of drug-likeness (QED) is 0.544. The van der Waals surface area contributed by atoms with Crippen LogP contribution in [0.3, 0.4) is 0 Å². The van der Waals surface area contributed by atoms with Crippen molar-refractivity contribution in [3.05, 3.63) is 35.4 Å². The van der Waals surface area contributed by atoms with E-state index in [0.29, 0.717) is 0 Å². The van der Waals surface area contributed by atoms with Gasteiger partial charge in [-0.25, -0.2) is 0 Å². The molecule has 0 unspecified atom stereocenters. The Morgan fingerprint density at radius 1 is 0.889 bits per heavy atom. The van der Waals surface area contributed by atoms with E-state index in [1.807, 2.05) is 6.21 Å². The largest absolute Gasteiger partial charge is 0.313 e. The van der Waals surface area contributed by atoms with Gasteiger partial charge in [0.2, 0.25) is 0 Å². The van der Waals surface area contributed by atoms with E-state index in [1.165, 1.54) is 50.3 Å². The van der Waals surface area contributed by atoms with Crippen LogP contribution in [-0.4, -0.2) is 105 Å². The molecular formula is C21H36N6. The molecule has 6 heteroatoms. The molecular weight excluding hydrogens is 336 g/mol. The van der Waals surface area contributed by atoms with E-state index < -0.39 is 0 Å². The fraction of sp³-hybridized carbons (Fsp3) is 0.667. The number of piperazine rings is 2. The van der Waals surface area contributed by atoms with Crippen LogP contribution in [0.1, 0.15) is 17.5 Å². The average Bonchev–Trinajstić information content (AvgIpc) is 2.70. The molecule has 2 fully saturated rings.